The number of amides is 2. The minimum absolute atomic E-state index is 0.0857. The van der Waals surface area contributed by atoms with E-state index in [0.717, 1.165) is 41.8 Å². The molecule has 0 radical (unpaired) electrons. The molecule has 0 aliphatic carbocycles. The second-order valence-corrected chi connectivity index (χ2v) is 10.4. The summed E-state index contributed by atoms with van der Waals surface area (Å²) in [6.45, 7) is 2.49. The average molecular weight is 481 g/mol. The first-order chi connectivity index (χ1) is 15.2. The Bertz CT molecular complexity index is 1020. The molecule has 4 heterocycles. The lowest BCUT2D eigenvalue weighted by Crippen LogP contribution is -2.72. The van der Waals surface area contributed by atoms with Crippen molar-refractivity contribution < 1.29 is 29.2 Å². The van der Waals surface area contributed by atoms with Crippen molar-refractivity contribution in [2.24, 2.45) is 5.16 Å². The zero-order valence-corrected chi connectivity index (χ0v) is 19.1. The van der Waals surface area contributed by atoms with Crippen LogP contribution >= 0.6 is 23.1 Å². The number of piperidine rings is 1. The molecule has 2 saturated heterocycles. The monoisotopic (exact) mass is 480 g/mol. The van der Waals surface area contributed by atoms with Crippen molar-refractivity contribution in [3.8, 4) is 0 Å². The van der Waals surface area contributed by atoms with E-state index in [0.29, 0.717) is 17.9 Å². The third-order valence-corrected chi connectivity index (χ3v) is 8.09. The number of carboxylic acids is 1. The fourth-order valence-electron chi connectivity index (χ4n) is 4.51. The number of carbonyl (C=O) groups excluding carboxylic acids is 3. The Morgan fingerprint density at radius 1 is 1.41 bits per heavy atom. The van der Waals surface area contributed by atoms with Crippen molar-refractivity contribution in [3.05, 3.63) is 22.3 Å². The van der Waals surface area contributed by atoms with Gasteiger partial charge in [0.1, 0.15) is 23.7 Å². The van der Waals surface area contributed by atoms with Crippen molar-refractivity contribution in [1.29, 1.82) is 0 Å². The number of quaternary nitrogens is 1. The second kappa shape index (κ2) is 8.71. The Morgan fingerprint density at radius 2 is 2.12 bits per heavy atom. The number of carboxylic acid groups (broad SMARTS) is 1. The van der Waals surface area contributed by atoms with Gasteiger partial charge in [-0.05, 0) is 19.3 Å². The second-order valence-electron chi connectivity index (χ2n) is 8.41. The van der Waals surface area contributed by atoms with Gasteiger partial charge in [0.2, 0.25) is 0 Å². The molecule has 13 heteroatoms. The number of thiazole rings is 1. The molecule has 0 aromatic carbocycles. The molecular weight excluding hydrogens is 456 g/mol. The SMILES string of the molecule is C[N+]1(CC2=C(C(=O)[O-])N3C(=O)C(NC(=O)C(=NO)c4csc(N)n4)[C@H]3SC2)CCCCC1. The van der Waals surface area contributed by atoms with E-state index in [9.17, 15) is 24.7 Å². The molecule has 2 fully saturated rings. The number of aliphatic carboxylic acids is 1. The summed E-state index contributed by atoms with van der Waals surface area (Å²) in [5.74, 6) is -2.29. The highest BCUT2D eigenvalue weighted by molar-refractivity contribution is 8.00. The van der Waals surface area contributed by atoms with Gasteiger partial charge >= 0.3 is 0 Å². The summed E-state index contributed by atoms with van der Waals surface area (Å²) >= 11 is 2.47. The van der Waals surface area contributed by atoms with Crippen LogP contribution in [0.2, 0.25) is 0 Å². The van der Waals surface area contributed by atoms with E-state index in [1.165, 1.54) is 28.5 Å². The number of rotatable bonds is 6. The highest BCUT2D eigenvalue weighted by Crippen LogP contribution is 2.41. The van der Waals surface area contributed by atoms with Gasteiger partial charge in [0.05, 0.1) is 31.8 Å². The molecule has 3 aliphatic heterocycles. The van der Waals surface area contributed by atoms with Gasteiger partial charge in [-0.1, -0.05) is 5.16 Å². The van der Waals surface area contributed by atoms with Crippen LogP contribution in [0, 0.1) is 0 Å². The maximum atomic E-state index is 12.8. The van der Waals surface area contributed by atoms with E-state index in [1.807, 2.05) is 0 Å². The quantitative estimate of drug-likeness (QED) is 0.153. The number of anilines is 1. The Balaban J connectivity index is 1.50. The number of nitrogen functional groups attached to an aromatic ring is 1. The summed E-state index contributed by atoms with van der Waals surface area (Å²) in [6.07, 6.45) is 3.36. The van der Waals surface area contributed by atoms with Gasteiger partial charge in [0.15, 0.2) is 10.8 Å². The number of carbonyl (C=O) groups is 3. The van der Waals surface area contributed by atoms with Gasteiger partial charge in [0.25, 0.3) is 11.8 Å². The van der Waals surface area contributed by atoms with Crippen LogP contribution in [0.3, 0.4) is 0 Å². The van der Waals surface area contributed by atoms with Crippen LogP contribution in [0.15, 0.2) is 21.8 Å². The summed E-state index contributed by atoms with van der Waals surface area (Å²) in [5, 5.41) is 27.8. The molecular formula is C19H24N6O5S2. The van der Waals surface area contributed by atoms with Crippen molar-refractivity contribution in [2.45, 2.75) is 30.7 Å². The van der Waals surface area contributed by atoms with E-state index >= 15 is 0 Å². The molecule has 3 aliphatic rings. The van der Waals surface area contributed by atoms with Gasteiger partial charge < -0.3 is 30.6 Å². The third kappa shape index (κ3) is 4.07. The Labute approximate surface area is 192 Å². The predicted molar refractivity (Wildman–Crippen MR) is 117 cm³/mol. The molecule has 4 rings (SSSR count). The summed E-state index contributed by atoms with van der Waals surface area (Å²) in [5.41, 5.74) is 5.87. The van der Waals surface area contributed by atoms with Gasteiger partial charge in [-0.3, -0.25) is 14.5 Å². The topological polar surface area (TPSA) is 161 Å². The number of aromatic nitrogens is 1. The van der Waals surface area contributed by atoms with E-state index < -0.39 is 29.2 Å². The highest BCUT2D eigenvalue weighted by Gasteiger charge is 2.53. The number of likely N-dealkylation sites (tertiary alicyclic amines) is 1. The summed E-state index contributed by atoms with van der Waals surface area (Å²) < 4.78 is 0.743. The Kier molecular flexibility index (Phi) is 6.14. The molecule has 32 heavy (non-hydrogen) atoms. The van der Waals surface area contributed by atoms with Crippen molar-refractivity contribution >= 4 is 51.7 Å². The standard InChI is InChI=1S/C19H24N6O5S2/c1-25(5-3-2-4-6-25)7-10-8-31-17-13(16(27)24(17)14(10)18(28)29)22-15(26)12(23-30)11-9-32-19(20)21-11/h9,13,17H,2-8H2,1H3,(H4-,20,21,22,26,28,29,30)/t13?,17-/m1/s1. The van der Waals surface area contributed by atoms with E-state index in [2.05, 4.69) is 22.5 Å². The zero-order chi connectivity index (χ0) is 23.0. The first-order valence-electron chi connectivity index (χ1n) is 10.2. The lowest BCUT2D eigenvalue weighted by atomic mass is 10.0. The molecule has 2 amide bonds. The fraction of sp³-hybridized carbons (Fsp3) is 0.526. The number of fused-ring (bicyclic) bond motifs is 1. The number of nitrogens with zero attached hydrogens (tertiary/aromatic N) is 4. The van der Waals surface area contributed by atoms with Crippen LogP contribution in [-0.4, -0.2) is 86.9 Å². The van der Waals surface area contributed by atoms with Gasteiger partial charge in [0, 0.05) is 16.7 Å². The molecule has 1 aromatic heterocycles. The molecule has 1 unspecified atom stereocenters. The molecule has 0 spiro atoms. The van der Waals surface area contributed by atoms with Crippen molar-refractivity contribution in [1.82, 2.24) is 15.2 Å². The van der Waals surface area contributed by atoms with E-state index in [4.69, 9.17) is 5.73 Å². The van der Waals surface area contributed by atoms with Crippen LogP contribution in [0.25, 0.3) is 0 Å². The third-order valence-electron chi connectivity index (χ3n) is 6.08. The molecule has 0 saturated carbocycles. The molecule has 2 atom stereocenters. The number of nitrogens with one attached hydrogen (secondary N) is 1. The zero-order valence-electron chi connectivity index (χ0n) is 17.4. The maximum absolute atomic E-state index is 12.8. The Hall–Kier alpha value is -2.64. The summed E-state index contributed by atoms with van der Waals surface area (Å²) in [6, 6.07) is -0.948. The number of β-lactam (4-membered cyclic amide) rings is 1. The van der Waals surface area contributed by atoms with Gasteiger partial charge in [-0.25, -0.2) is 4.98 Å². The first-order valence-corrected chi connectivity index (χ1v) is 12.1. The van der Waals surface area contributed by atoms with Gasteiger partial charge in [-0.2, -0.15) is 0 Å². The molecule has 1 aromatic rings. The molecule has 172 valence electrons. The summed E-state index contributed by atoms with van der Waals surface area (Å²) in [4.78, 5) is 42.5. The normalized spacial score (nSPS) is 25.2. The van der Waals surface area contributed by atoms with Crippen LogP contribution in [-0.2, 0) is 14.4 Å². The highest BCUT2D eigenvalue weighted by atomic mass is 32.2. The number of nitrogens with two attached hydrogens (primary N) is 1. The van der Waals surface area contributed by atoms with Crippen LogP contribution in [0.1, 0.15) is 25.0 Å². The first kappa shape index (κ1) is 22.6. The average Bonchev–Trinajstić information content (AvgIpc) is 3.18. The minimum atomic E-state index is -1.39. The fourth-order valence-corrected chi connectivity index (χ4v) is 6.39. The number of hydrogen-bond donors (Lipinski definition) is 3. The number of thioether (sulfide) groups is 1. The predicted octanol–water partition coefficient (Wildman–Crippen LogP) is -1.06. The number of oxime groups is 1. The maximum Gasteiger partial charge on any atom is 0.276 e. The molecule has 0 bridgehead atoms. The molecule has 11 nitrogen and oxygen atoms in total. The smallest absolute Gasteiger partial charge is 0.276 e. The lowest BCUT2D eigenvalue weighted by Gasteiger charge is -2.51. The summed E-state index contributed by atoms with van der Waals surface area (Å²) in [7, 11) is 2.11. The van der Waals surface area contributed by atoms with E-state index in [1.54, 1.807) is 0 Å². The largest absolute Gasteiger partial charge is 0.543 e. The Morgan fingerprint density at radius 3 is 2.72 bits per heavy atom. The van der Waals surface area contributed by atoms with Crippen LogP contribution in [0.4, 0.5) is 5.13 Å². The number of hydrogen-bond acceptors (Lipinski definition) is 10. The van der Waals surface area contributed by atoms with Crippen molar-refractivity contribution in [2.75, 3.05) is 38.2 Å². The van der Waals surface area contributed by atoms with E-state index in [-0.39, 0.29) is 22.2 Å². The van der Waals surface area contributed by atoms with Crippen LogP contribution < -0.4 is 16.2 Å². The van der Waals surface area contributed by atoms with Crippen molar-refractivity contribution in [3.63, 3.8) is 0 Å². The minimum Gasteiger partial charge on any atom is -0.543 e. The molecule has 4 N–H and O–H groups in total. The lowest BCUT2D eigenvalue weighted by molar-refractivity contribution is -0.909. The number of likely N-dealkylation sites (N-methyl/N-ethyl adjacent to an activating group) is 1. The van der Waals surface area contributed by atoms with Crippen LogP contribution in [0.5, 0.6) is 0 Å². The van der Waals surface area contributed by atoms with Gasteiger partial charge in [-0.15, -0.1) is 23.1 Å².